The standard InChI is InChI=1S/C11H10N2OS/c1-2-10(15)11(14)13-9-5-3-4-8(6-9)7-12/h2-6,10,15H,1H2,(H,13,14). The number of hydrogen-bond donors (Lipinski definition) is 2. The fourth-order valence-corrected chi connectivity index (χ4v) is 1.05. The smallest absolute Gasteiger partial charge is 0.241 e. The molecule has 1 N–H and O–H groups in total. The van der Waals surface area contributed by atoms with Crippen LogP contribution in [0.1, 0.15) is 5.56 Å². The van der Waals surface area contributed by atoms with Crippen molar-refractivity contribution in [3.63, 3.8) is 0 Å². The molecule has 76 valence electrons. The van der Waals surface area contributed by atoms with Crippen LogP contribution in [0.5, 0.6) is 0 Å². The number of hydrogen-bond acceptors (Lipinski definition) is 3. The number of carbonyl (C=O) groups is 1. The van der Waals surface area contributed by atoms with Crippen LogP contribution in [0.3, 0.4) is 0 Å². The molecule has 0 spiro atoms. The van der Waals surface area contributed by atoms with Gasteiger partial charge in [0.05, 0.1) is 16.9 Å². The molecule has 0 bridgehead atoms. The Morgan fingerprint density at radius 2 is 2.40 bits per heavy atom. The van der Waals surface area contributed by atoms with E-state index in [9.17, 15) is 4.79 Å². The van der Waals surface area contributed by atoms with E-state index in [0.717, 1.165) is 0 Å². The predicted molar refractivity (Wildman–Crippen MR) is 62.8 cm³/mol. The van der Waals surface area contributed by atoms with Crippen LogP contribution in [0.15, 0.2) is 36.9 Å². The molecule has 15 heavy (non-hydrogen) atoms. The first-order valence-corrected chi connectivity index (χ1v) is 4.80. The zero-order valence-electron chi connectivity index (χ0n) is 7.97. The lowest BCUT2D eigenvalue weighted by Crippen LogP contribution is -2.21. The van der Waals surface area contributed by atoms with Gasteiger partial charge in [-0.05, 0) is 18.2 Å². The average Bonchev–Trinajstić information content (AvgIpc) is 2.28. The molecule has 1 unspecified atom stereocenters. The largest absolute Gasteiger partial charge is 0.325 e. The zero-order chi connectivity index (χ0) is 11.3. The SMILES string of the molecule is C=CC(S)C(=O)Nc1cccc(C#N)c1. The number of nitrogens with one attached hydrogen (secondary N) is 1. The van der Waals surface area contributed by atoms with E-state index in [2.05, 4.69) is 24.5 Å². The molecule has 0 aromatic heterocycles. The van der Waals surface area contributed by atoms with E-state index < -0.39 is 5.25 Å². The molecule has 1 atom stereocenters. The van der Waals surface area contributed by atoms with Crippen molar-refractivity contribution in [1.82, 2.24) is 0 Å². The highest BCUT2D eigenvalue weighted by molar-refractivity contribution is 7.82. The topological polar surface area (TPSA) is 52.9 Å². The third kappa shape index (κ3) is 3.15. The molecule has 4 heteroatoms. The van der Waals surface area contributed by atoms with Gasteiger partial charge >= 0.3 is 0 Å². The van der Waals surface area contributed by atoms with Crippen molar-refractivity contribution in [1.29, 1.82) is 5.26 Å². The summed E-state index contributed by atoms with van der Waals surface area (Å²) in [5, 5.41) is 10.7. The summed E-state index contributed by atoms with van der Waals surface area (Å²) >= 11 is 4.01. The third-order valence-electron chi connectivity index (χ3n) is 1.75. The van der Waals surface area contributed by atoms with Crippen LogP contribution in [0.2, 0.25) is 0 Å². The highest BCUT2D eigenvalue weighted by Gasteiger charge is 2.09. The maximum absolute atomic E-state index is 11.4. The second kappa shape index (κ2) is 5.23. The van der Waals surface area contributed by atoms with Gasteiger partial charge in [-0.1, -0.05) is 12.1 Å². The maximum atomic E-state index is 11.4. The van der Waals surface area contributed by atoms with Gasteiger partial charge in [-0.15, -0.1) is 6.58 Å². The Hall–Kier alpha value is -1.73. The molecular formula is C11H10N2OS. The Morgan fingerprint density at radius 1 is 1.67 bits per heavy atom. The highest BCUT2D eigenvalue weighted by atomic mass is 32.1. The molecule has 0 heterocycles. The van der Waals surface area contributed by atoms with E-state index >= 15 is 0 Å². The van der Waals surface area contributed by atoms with E-state index in [1.807, 2.05) is 6.07 Å². The average molecular weight is 218 g/mol. The first kappa shape index (κ1) is 11.3. The van der Waals surface area contributed by atoms with Crippen LogP contribution < -0.4 is 5.32 Å². The first-order chi connectivity index (χ1) is 7.17. The molecule has 0 radical (unpaired) electrons. The summed E-state index contributed by atoms with van der Waals surface area (Å²) in [6, 6.07) is 8.67. The minimum Gasteiger partial charge on any atom is -0.325 e. The lowest BCUT2D eigenvalue weighted by molar-refractivity contribution is -0.115. The lowest BCUT2D eigenvalue weighted by Gasteiger charge is -2.07. The fraction of sp³-hybridized carbons (Fsp3) is 0.0909. The molecule has 1 amide bonds. The van der Waals surface area contributed by atoms with Crippen molar-refractivity contribution in [3.05, 3.63) is 42.5 Å². The number of amides is 1. The van der Waals surface area contributed by atoms with Crippen molar-refractivity contribution in [2.24, 2.45) is 0 Å². The van der Waals surface area contributed by atoms with E-state index in [0.29, 0.717) is 11.3 Å². The Bertz CT molecular complexity index is 423. The Kier molecular flexibility index (Phi) is 3.95. The van der Waals surface area contributed by atoms with E-state index in [1.165, 1.54) is 6.08 Å². The van der Waals surface area contributed by atoms with Crippen LogP contribution in [-0.4, -0.2) is 11.2 Å². The summed E-state index contributed by atoms with van der Waals surface area (Å²) in [7, 11) is 0. The number of rotatable bonds is 3. The predicted octanol–water partition coefficient (Wildman–Crippen LogP) is 1.98. The Balaban J connectivity index is 2.77. The molecule has 3 nitrogen and oxygen atoms in total. The number of anilines is 1. The molecule has 1 rings (SSSR count). The van der Waals surface area contributed by atoms with Gasteiger partial charge in [0.1, 0.15) is 0 Å². The number of thiol groups is 1. The van der Waals surface area contributed by atoms with Gasteiger partial charge in [-0.2, -0.15) is 17.9 Å². The molecule has 0 saturated carbocycles. The summed E-state index contributed by atoms with van der Waals surface area (Å²) in [6.07, 6.45) is 1.44. The van der Waals surface area contributed by atoms with Crippen LogP contribution in [0, 0.1) is 11.3 Å². The minimum atomic E-state index is -0.546. The van der Waals surface area contributed by atoms with Gasteiger partial charge < -0.3 is 5.32 Å². The Labute approximate surface area is 93.8 Å². The summed E-state index contributed by atoms with van der Waals surface area (Å²) in [5.74, 6) is -0.261. The second-order valence-corrected chi connectivity index (χ2v) is 3.42. The Morgan fingerprint density at radius 3 is 3.00 bits per heavy atom. The van der Waals surface area contributed by atoms with Crippen LogP contribution in [-0.2, 0) is 4.79 Å². The maximum Gasteiger partial charge on any atom is 0.241 e. The van der Waals surface area contributed by atoms with Crippen LogP contribution >= 0.6 is 12.6 Å². The van der Waals surface area contributed by atoms with Crippen LogP contribution in [0.25, 0.3) is 0 Å². The van der Waals surface area contributed by atoms with Gasteiger partial charge in [-0.3, -0.25) is 4.79 Å². The van der Waals surface area contributed by atoms with Crippen molar-refractivity contribution in [2.45, 2.75) is 5.25 Å². The molecule has 0 aliphatic heterocycles. The summed E-state index contributed by atoms with van der Waals surface area (Å²) in [4.78, 5) is 11.4. The summed E-state index contributed by atoms with van der Waals surface area (Å²) in [5.41, 5.74) is 1.09. The van der Waals surface area contributed by atoms with Gasteiger partial charge in [0.25, 0.3) is 0 Å². The van der Waals surface area contributed by atoms with Crippen molar-refractivity contribution in [2.75, 3.05) is 5.32 Å². The monoisotopic (exact) mass is 218 g/mol. The second-order valence-electron chi connectivity index (χ2n) is 2.86. The molecular weight excluding hydrogens is 208 g/mol. The first-order valence-electron chi connectivity index (χ1n) is 4.29. The van der Waals surface area contributed by atoms with Crippen molar-refractivity contribution in [3.8, 4) is 6.07 Å². The molecule has 0 aliphatic carbocycles. The quantitative estimate of drug-likeness (QED) is 0.602. The highest BCUT2D eigenvalue weighted by Crippen LogP contribution is 2.11. The summed E-state index contributed by atoms with van der Waals surface area (Å²) < 4.78 is 0. The van der Waals surface area contributed by atoms with Gasteiger partial charge in [0.2, 0.25) is 5.91 Å². The number of nitriles is 1. The van der Waals surface area contributed by atoms with E-state index in [1.54, 1.807) is 24.3 Å². The summed E-state index contributed by atoms with van der Waals surface area (Å²) in [6.45, 7) is 3.47. The molecule has 1 aromatic carbocycles. The normalized spacial score (nSPS) is 11.2. The van der Waals surface area contributed by atoms with Gasteiger partial charge in [0, 0.05) is 5.69 Å². The number of carbonyl (C=O) groups excluding carboxylic acids is 1. The number of benzene rings is 1. The van der Waals surface area contributed by atoms with Crippen LogP contribution in [0.4, 0.5) is 5.69 Å². The minimum absolute atomic E-state index is 0.261. The number of nitrogens with zero attached hydrogens (tertiary/aromatic N) is 1. The van der Waals surface area contributed by atoms with E-state index in [-0.39, 0.29) is 5.91 Å². The molecule has 0 saturated heterocycles. The fourth-order valence-electron chi connectivity index (χ4n) is 0.990. The van der Waals surface area contributed by atoms with E-state index in [4.69, 9.17) is 5.26 Å². The van der Waals surface area contributed by atoms with Crippen molar-refractivity contribution >= 4 is 24.2 Å². The molecule has 0 aliphatic rings. The van der Waals surface area contributed by atoms with Gasteiger partial charge in [0.15, 0.2) is 0 Å². The third-order valence-corrected chi connectivity index (χ3v) is 2.20. The zero-order valence-corrected chi connectivity index (χ0v) is 8.87. The lowest BCUT2D eigenvalue weighted by atomic mass is 10.2. The molecule has 0 fully saturated rings. The van der Waals surface area contributed by atoms with Crippen molar-refractivity contribution < 1.29 is 4.79 Å². The molecule has 1 aromatic rings. The van der Waals surface area contributed by atoms with Gasteiger partial charge in [-0.25, -0.2) is 0 Å².